The molecule has 0 N–H and O–H groups in total. The van der Waals surface area contributed by atoms with Crippen molar-refractivity contribution in [2.45, 2.75) is 13.3 Å². The standard InChI is InChI=1S/C21H24N4O2/c1-16-6-7-18(14-22-16)21(27)24-12-10-23(11-13-24)15-20(26)25-9-8-17-4-2-3-5-19(17)25/h2-7,14H,8-13,15H2,1H3. The van der Waals surface area contributed by atoms with Gasteiger partial charge in [-0.25, -0.2) is 0 Å². The number of hydrogen-bond donors (Lipinski definition) is 0. The minimum atomic E-state index is 0.0157. The minimum Gasteiger partial charge on any atom is -0.336 e. The topological polar surface area (TPSA) is 56.8 Å². The molecule has 1 aromatic carbocycles. The highest BCUT2D eigenvalue weighted by molar-refractivity contribution is 5.97. The van der Waals surface area contributed by atoms with E-state index in [-0.39, 0.29) is 11.8 Å². The lowest BCUT2D eigenvalue weighted by molar-refractivity contribution is -0.120. The van der Waals surface area contributed by atoms with Gasteiger partial charge in [0.1, 0.15) is 0 Å². The quantitative estimate of drug-likeness (QED) is 0.832. The van der Waals surface area contributed by atoms with Gasteiger partial charge in [-0.1, -0.05) is 18.2 Å². The summed E-state index contributed by atoms with van der Waals surface area (Å²) in [5.41, 5.74) is 3.81. The first-order valence-electron chi connectivity index (χ1n) is 9.44. The molecule has 6 nitrogen and oxygen atoms in total. The zero-order valence-corrected chi connectivity index (χ0v) is 15.6. The number of anilines is 1. The number of nitrogens with zero attached hydrogens (tertiary/aromatic N) is 4. The van der Waals surface area contributed by atoms with Crippen LogP contribution in [0.5, 0.6) is 0 Å². The molecule has 0 aliphatic carbocycles. The number of aromatic nitrogens is 1. The molecule has 0 bridgehead atoms. The van der Waals surface area contributed by atoms with Crippen molar-refractivity contribution in [1.29, 1.82) is 0 Å². The molecule has 27 heavy (non-hydrogen) atoms. The van der Waals surface area contributed by atoms with E-state index in [0.29, 0.717) is 38.3 Å². The van der Waals surface area contributed by atoms with E-state index in [4.69, 9.17) is 0 Å². The average molecular weight is 364 g/mol. The highest BCUT2D eigenvalue weighted by Crippen LogP contribution is 2.27. The largest absolute Gasteiger partial charge is 0.336 e. The number of amides is 2. The molecule has 0 unspecified atom stereocenters. The van der Waals surface area contributed by atoms with E-state index in [2.05, 4.69) is 16.0 Å². The first kappa shape index (κ1) is 17.7. The van der Waals surface area contributed by atoms with Gasteiger partial charge in [-0.15, -0.1) is 0 Å². The number of carbonyl (C=O) groups excluding carboxylic acids is 2. The number of pyridine rings is 1. The third-order valence-corrected chi connectivity index (χ3v) is 5.36. The number of para-hydroxylation sites is 1. The summed E-state index contributed by atoms with van der Waals surface area (Å²) in [4.78, 5) is 35.4. The first-order valence-corrected chi connectivity index (χ1v) is 9.44. The molecule has 1 fully saturated rings. The fourth-order valence-electron chi connectivity index (χ4n) is 3.76. The third-order valence-electron chi connectivity index (χ3n) is 5.36. The summed E-state index contributed by atoms with van der Waals surface area (Å²) in [7, 11) is 0. The molecule has 4 rings (SSSR count). The first-order chi connectivity index (χ1) is 13.1. The van der Waals surface area contributed by atoms with E-state index < -0.39 is 0 Å². The van der Waals surface area contributed by atoms with Crippen LogP contribution in [0.1, 0.15) is 21.6 Å². The maximum absolute atomic E-state index is 12.7. The summed E-state index contributed by atoms with van der Waals surface area (Å²) in [6, 6.07) is 11.8. The molecule has 0 saturated carbocycles. The van der Waals surface area contributed by atoms with E-state index in [0.717, 1.165) is 24.3 Å². The predicted octanol–water partition coefficient (Wildman–Crippen LogP) is 1.74. The predicted molar refractivity (Wildman–Crippen MR) is 104 cm³/mol. The van der Waals surface area contributed by atoms with Gasteiger partial charge >= 0.3 is 0 Å². The Kier molecular flexibility index (Phi) is 4.90. The van der Waals surface area contributed by atoms with E-state index in [1.807, 2.05) is 47.1 Å². The Balaban J connectivity index is 1.31. The molecule has 0 radical (unpaired) electrons. The molecular formula is C21H24N4O2. The van der Waals surface area contributed by atoms with Crippen LogP contribution in [-0.4, -0.2) is 65.9 Å². The van der Waals surface area contributed by atoms with Gasteiger partial charge in [-0.05, 0) is 37.1 Å². The van der Waals surface area contributed by atoms with Gasteiger partial charge in [0.05, 0.1) is 12.1 Å². The van der Waals surface area contributed by atoms with E-state index in [1.54, 1.807) is 6.20 Å². The molecule has 1 aromatic heterocycles. The van der Waals surface area contributed by atoms with Crippen molar-refractivity contribution >= 4 is 17.5 Å². The van der Waals surface area contributed by atoms with Crippen LogP contribution in [0.15, 0.2) is 42.6 Å². The molecule has 2 aromatic rings. The Morgan fingerprint density at radius 1 is 1.00 bits per heavy atom. The summed E-state index contributed by atoms with van der Waals surface area (Å²) in [6.45, 7) is 5.77. The number of aryl methyl sites for hydroxylation is 1. The molecule has 2 amide bonds. The van der Waals surface area contributed by atoms with Crippen molar-refractivity contribution in [3.63, 3.8) is 0 Å². The molecule has 2 aliphatic heterocycles. The molecule has 0 atom stereocenters. The lowest BCUT2D eigenvalue weighted by Gasteiger charge is -2.35. The van der Waals surface area contributed by atoms with E-state index in [9.17, 15) is 9.59 Å². The molecule has 1 saturated heterocycles. The third kappa shape index (κ3) is 3.71. The molecule has 6 heteroatoms. The fraction of sp³-hybridized carbons (Fsp3) is 0.381. The average Bonchev–Trinajstić information content (AvgIpc) is 3.13. The lowest BCUT2D eigenvalue weighted by atomic mass is 10.2. The van der Waals surface area contributed by atoms with Gasteiger partial charge in [0.2, 0.25) is 5.91 Å². The second-order valence-corrected chi connectivity index (χ2v) is 7.18. The second kappa shape index (κ2) is 7.48. The number of fused-ring (bicyclic) bond motifs is 1. The zero-order valence-electron chi connectivity index (χ0n) is 15.6. The number of hydrogen-bond acceptors (Lipinski definition) is 4. The SMILES string of the molecule is Cc1ccc(C(=O)N2CCN(CC(=O)N3CCc4ccccc43)CC2)cn1. The number of rotatable bonds is 3. The smallest absolute Gasteiger partial charge is 0.255 e. The number of carbonyl (C=O) groups is 2. The highest BCUT2D eigenvalue weighted by Gasteiger charge is 2.28. The van der Waals surface area contributed by atoms with Crippen LogP contribution < -0.4 is 4.90 Å². The van der Waals surface area contributed by atoms with Gasteiger partial charge in [-0.2, -0.15) is 0 Å². The Morgan fingerprint density at radius 3 is 2.52 bits per heavy atom. The molecular weight excluding hydrogens is 340 g/mol. The van der Waals surface area contributed by atoms with Crippen molar-refractivity contribution in [3.8, 4) is 0 Å². The van der Waals surface area contributed by atoms with Crippen LogP contribution in [0.25, 0.3) is 0 Å². The van der Waals surface area contributed by atoms with Crippen molar-refractivity contribution in [2.75, 3.05) is 44.2 Å². The minimum absolute atomic E-state index is 0.0157. The lowest BCUT2D eigenvalue weighted by Crippen LogP contribution is -2.51. The monoisotopic (exact) mass is 364 g/mol. The maximum atomic E-state index is 12.7. The molecule has 2 aliphatic rings. The Labute approximate surface area is 159 Å². The Bertz CT molecular complexity index is 842. The highest BCUT2D eigenvalue weighted by atomic mass is 16.2. The second-order valence-electron chi connectivity index (χ2n) is 7.18. The maximum Gasteiger partial charge on any atom is 0.255 e. The van der Waals surface area contributed by atoms with Crippen molar-refractivity contribution < 1.29 is 9.59 Å². The Morgan fingerprint density at radius 2 is 1.78 bits per heavy atom. The van der Waals surface area contributed by atoms with Crippen molar-refractivity contribution in [1.82, 2.24) is 14.8 Å². The van der Waals surface area contributed by atoms with Gasteiger partial charge in [0.15, 0.2) is 0 Å². The summed E-state index contributed by atoms with van der Waals surface area (Å²) < 4.78 is 0. The molecule has 140 valence electrons. The van der Waals surface area contributed by atoms with E-state index >= 15 is 0 Å². The van der Waals surface area contributed by atoms with Gasteiger partial charge in [0.25, 0.3) is 5.91 Å². The summed E-state index contributed by atoms with van der Waals surface area (Å²) in [5, 5.41) is 0. The van der Waals surface area contributed by atoms with Gasteiger partial charge < -0.3 is 9.80 Å². The number of piperazine rings is 1. The normalized spacial score (nSPS) is 17.1. The van der Waals surface area contributed by atoms with Crippen LogP contribution in [0.3, 0.4) is 0 Å². The molecule has 3 heterocycles. The molecule has 0 spiro atoms. The van der Waals surface area contributed by atoms with Crippen molar-refractivity contribution in [3.05, 3.63) is 59.4 Å². The van der Waals surface area contributed by atoms with Crippen molar-refractivity contribution in [2.24, 2.45) is 0 Å². The summed E-state index contributed by atoms with van der Waals surface area (Å²) >= 11 is 0. The van der Waals surface area contributed by atoms with Crippen LogP contribution in [-0.2, 0) is 11.2 Å². The zero-order chi connectivity index (χ0) is 18.8. The van der Waals surface area contributed by atoms with Crippen LogP contribution in [0, 0.1) is 6.92 Å². The van der Waals surface area contributed by atoms with Gasteiger partial charge in [0, 0.05) is 50.3 Å². The van der Waals surface area contributed by atoms with Crippen LogP contribution in [0.2, 0.25) is 0 Å². The van der Waals surface area contributed by atoms with Crippen LogP contribution >= 0.6 is 0 Å². The Hall–Kier alpha value is -2.73. The number of benzene rings is 1. The summed E-state index contributed by atoms with van der Waals surface area (Å²) in [5.74, 6) is 0.157. The fourth-order valence-corrected chi connectivity index (χ4v) is 3.76. The van der Waals surface area contributed by atoms with E-state index in [1.165, 1.54) is 5.56 Å². The van der Waals surface area contributed by atoms with Crippen LogP contribution in [0.4, 0.5) is 5.69 Å². The summed E-state index contributed by atoms with van der Waals surface area (Å²) in [6.07, 6.45) is 2.56. The van der Waals surface area contributed by atoms with Gasteiger partial charge in [-0.3, -0.25) is 19.5 Å².